The fraction of sp³-hybridized carbons (Fsp3) is 0. The van der Waals surface area contributed by atoms with Gasteiger partial charge >= 0.3 is 7.60 Å². The highest BCUT2D eigenvalue weighted by Crippen LogP contribution is 2.35. The summed E-state index contributed by atoms with van der Waals surface area (Å²) in [5, 5.41) is 0.224. The summed E-state index contributed by atoms with van der Waals surface area (Å²) in [6.07, 6.45) is 0. The Morgan fingerprint density at radius 2 is 1.63 bits per heavy atom. The number of H-pyrrole nitrogens is 1. The molecule has 0 fully saturated rings. The van der Waals surface area contributed by atoms with E-state index in [0.29, 0.717) is 16.4 Å². The minimum absolute atomic E-state index is 0.0505. The van der Waals surface area contributed by atoms with Gasteiger partial charge in [-0.1, -0.05) is 18.2 Å². The van der Waals surface area contributed by atoms with Crippen LogP contribution in [0.4, 0.5) is 0 Å². The fourth-order valence-electron chi connectivity index (χ4n) is 2.20. The average Bonchev–Trinajstić information content (AvgIpc) is 2.37. The van der Waals surface area contributed by atoms with Crippen molar-refractivity contribution in [2.75, 3.05) is 0 Å². The van der Waals surface area contributed by atoms with E-state index in [9.17, 15) is 19.1 Å². The molecule has 5 nitrogen and oxygen atoms in total. The minimum atomic E-state index is -4.49. The van der Waals surface area contributed by atoms with Crippen molar-refractivity contribution in [3.8, 4) is 0 Å². The highest BCUT2D eigenvalue weighted by molar-refractivity contribution is 7.60. The van der Waals surface area contributed by atoms with E-state index < -0.39 is 7.60 Å². The van der Waals surface area contributed by atoms with Crippen LogP contribution in [0.15, 0.2) is 47.3 Å². The zero-order valence-corrected chi connectivity index (χ0v) is 10.6. The van der Waals surface area contributed by atoms with Gasteiger partial charge in [-0.05, 0) is 24.3 Å². The van der Waals surface area contributed by atoms with Gasteiger partial charge < -0.3 is 14.8 Å². The zero-order chi connectivity index (χ0) is 13.6. The van der Waals surface area contributed by atoms with E-state index >= 15 is 0 Å². The van der Waals surface area contributed by atoms with Crippen molar-refractivity contribution in [1.82, 2.24) is 4.98 Å². The molecule has 6 heteroatoms. The van der Waals surface area contributed by atoms with Crippen LogP contribution in [0.25, 0.3) is 21.8 Å². The fourth-order valence-corrected chi connectivity index (χ4v) is 2.99. The van der Waals surface area contributed by atoms with Gasteiger partial charge in [0.15, 0.2) is 5.43 Å². The van der Waals surface area contributed by atoms with Crippen molar-refractivity contribution in [3.05, 3.63) is 52.7 Å². The molecule has 0 aliphatic rings. The second-order valence-corrected chi connectivity index (χ2v) is 5.81. The van der Waals surface area contributed by atoms with Gasteiger partial charge in [0.25, 0.3) is 0 Å². The molecule has 0 unspecified atom stereocenters. The third kappa shape index (κ3) is 1.88. The molecular formula is C13H10NO4P. The molecule has 0 saturated heterocycles. The quantitative estimate of drug-likeness (QED) is 0.463. The number of aromatic amines is 1. The van der Waals surface area contributed by atoms with E-state index in [-0.39, 0.29) is 16.1 Å². The number of rotatable bonds is 1. The molecule has 1 aromatic heterocycles. The van der Waals surface area contributed by atoms with Crippen LogP contribution < -0.4 is 10.7 Å². The van der Waals surface area contributed by atoms with Gasteiger partial charge in [-0.3, -0.25) is 9.36 Å². The molecule has 0 atom stereocenters. The van der Waals surface area contributed by atoms with Crippen molar-refractivity contribution in [3.63, 3.8) is 0 Å². The predicted molar refractivity (Wildman–Crippen MR) is 73.8 cm³/mol. The molecular weight excluding hydrogens is 265 g/mol. The number of nitrogens with one attached hydrogen (secondary N) is 1. The monoisotopic (exact) mass is 275 g/mol. The van der Waals surface area contributed by atoms with E-state index in [1.165, 1.54) is 12.1 Å². The molecule has 0 spiro atoms. The lowest BCUT2D eigenvalue weighted by atomic mass is 10.1. The first-order valence-corrected chi connectivity index (χ1v) is 7.19. The first-order valence-electron chi connectivity index (χ1n) is 5.58. The Balaban J connectivity index is 2.61. The van der Waals surface area contributed by atoms with Crippen molar-refractivity contribution in [1.29, 1.82) is 0 Å². The number of fused-ring (bicyclic) bond motifs is 2. The molecule has 3 N–H and O–H groups in total. The Labute approximate surface area is 107 Å². The summed E-state index contributed by atoms with van der Waals surface area (Å²) in [6, 6.07) is 11.3. The number of benzene rings is 2. The maximum atomic E-state index is 12.4. The van der Waals surface area contributed by atoms with Crippen molar-refractivity contribution >= 4 is 34.7 Å². The summed E-state index contributed by atoms with van der Waals surface area (Å²) in [5.74, 6) is 0. The Bertz CT molecular complexity index is 894. The van der Waals surface area contributed by atoms with Gasteiger partial charge in [0, 0.05) is 10.9 Å². The lowest BCUT2D eigenvalue weighted by molar-refractivity contribution is 0.387. The summed E-state index contributed by atoms with van der Waals surface area (Å²) in [5.41, 5.74) is 0.690. The van der Waals surface area contributed by atoms with Crippen LogP contribution >= 0.6 is 7.60 Å². The molecule has 19 heavy (non-hydrogen) atoms. The summed E-state index contributed by atoms with van der Waals surface area (Å²) in [6.45, 7) is 0. The maximum absolute atomic E-state index is 12.4. The highest BCUT2D eigenvalue weighted by atomic mass is 31.2. The third-order valence-corrected chi connectivity index (χ3v) is 4.02. The molecule has 0 saturated carbocycles. The third-order valence-electron chi connectivity index (χ3n) is 3.02. The van der Waals surface area contributed by atoms with Crippen LogP contribution in [0.2, 0.25) is 0 Å². The van der Waals surface area contributed by atoms with Crippen LogP contribution in [0.1, 0.15) is 0 Å². The molecule has 0 amide bonds. The van der Waals surface area contributed by atoms with Gasteiger partial charge in [0.2, 0.25) is 0 Å². The number of aromatic nitrogens is 1. The molecule has 0 aliphatic carbocycles. The largest absolute Gasteiger partial charge is 0.357 e. The second-order valence-electron chi connectivity index (χ2n) is 4.24. The molecule has 2 aromatic carbocycles. The standard InChI is InChI=1S/C13H10NO4P/c15-13-8-4-1-2-5-9(8)14-10-6-3-7-11(12(10)13)19(16,17)18/h1-7H,(H,14,15)(H2,16,17,18). The SMILES string of the molecule is O=c1c2ccccc2[nH]c2cccc(P(=O)(O)O)c12. The molecule has 0 radical (unpaired) electrons. The van der Waals surface area contributed by atoms with E-state index in [1.54, 1.807) is 30.3 Å². The maximum Gasteiger partial charge on any atom is 0.357 e. The molecule has 3 aromatic rings. The molecule has 0 bridgehead atoms. The predicted octanol–water partition coefficient (Wildman–Crippen LogP) is 1.48. The van der Waals surface area contributed by atoms with Crippen LogP contribution in [-0.2, 0) is 4.57 Å². The molecule has 1 heterocycles. The van der Waals surface area contributed by atoms with Gasteiger partial charge in [0.1, 0.15) is 0 Å². The smallest absolute Gasteiger partial charge is 0.354 e. The van der Waals surface area contributed by atoms with Gasteiger partial charge in [-0.2, -0.15) is 0 Å². The highest BCUT2D eigenvalue weighted by Gasteiger charge is 2.22. The Kier molecular flexibility index (Phi) is 2.57. The summed E-state index contributed by atoms with van der Waals surface area (Å²) < 4.78 is 11.5. The van der Waals surface area contributed by atoms with Crippen LogP contribution in [-0.4, -0.2) is 14.8 Å². The van der Waals surface area contributed by atoms with E-state index in [0.717, 1.165) is 0 Å². The number of hydrogen-bond donors (Lipinski definition) is 3. The number of hydrogen-bond acceptors (Lipinski definition) is 2. The number of pyridine rings is 1. The van der Waals surface area contributed by atoms with E-state index in [1.807, 2.05) is 0 Å². The van der Waals surface area contributed by atoms with Crippen molar-refractivity contribution < 1.29 is 14.4 Å². The molecule has 0 aliphatic heterocycles. The number of para-hydroxylation sites is 1. The van der Waals surface area contributed by atoms with Crippen LogP contribution in [0.5, 0.6) is 0 Å². The summed E-state index contributed by atoms with van der Waals surface area (Å²) in [4.78, 5) is 34.1. The molecule has 3 rings (SSSR count). The second kappa shape index (κ2) is 4.03. The summed E-state index contributed by atoms with van der Waals surface area (Å²) in [7, 11) is -4.49. The van der Waals surface area contributed by atoms with E-state index in [2.05, 4.69) is 4.98 Å². The Morgan fingerprint density at radius 3 is 2.37 bits per heavy atom. The van der Waals surface area contributed by atoms with Gasteiger partial charge in [-0.15, -0.1) is 0 Å². The van der Waals surface area contributed by atoms with Gasteiger partial charge in [-0.25, -0.2) is 0 Å². The first kappa shape index (κ1) is 12.1. The Hall–Kier alpha value is -1.94. The van der Waals surface area contributed by atoms with Crippen molar-refractivity contribution in [2.24, 2.45) is 0 Å². The van der Waals surface area contributed by atoms with Crippen LogP contribution in [0, 0.1) is 0 Å². The molecule has 96 valence electrons. The van der Waals surface area contributed by atoms with Crippen LogP contribution in [0.3, 0.4) is 0 Å². The summed E-state index contributed by atoms with van der Waals surface area (Å²) >= 11 is 0. The van der Waals surface area contributed by atoms with Gasteiger partial charge in [0.05, 0.1) is 16.2 Å². The Morgan fingerprint density at radius 1 is 0.947 bits per heavy atom. The lowest BCUT2D eigenvalue weighted by Gasteiger charge is -2.09. The topological polar surface area (TPSA) is 90.4 Å². The van der Waals surface area contributed by atoms with E-state index in [4.69, 9.17) is 0 Å². The zero-order valence-electron chi connectivity index (χ0n) is 9.70. The minimum Gasteiger partial charge on any atom is -0.354 e. The normalized spacial score (nSPS) is 12.1. The van der Waals surface area contributed by atoms with Crippen molar-refractivity contribution in [2.45, 2.75) is 0 Å². The first-order chi connectivity index (χ1) is 8.98. The lowest BCUT2D eigenvalue weighted by Crippen LogP contribution is -2.15. The average molecular weight is 275 g/mol.